The molecule has 0 radical (unpaired) electrons. The van der Waals surface area contributed by atoms with E-state index < -0.39 is 0 Å². The van der Waals surface area contributed by atoms with Gasteiger partial charge in [0.2, 0.25) is 0 Å². The Labute approximate surface area is 103 Å². The van der Waals surface area contributed by atoms with Gasteiger partial charge in [-0.15, -0.1) is 12.6 Å². The van der Waals surface area contributed by atoms with Gasteiger partial charge in [-0.05, 0) is 47.7 Å². The Bertz CT molecular complexity index is 486. The molecule has 0 unspecified atom stereocenters. The van der Waals surface area contributed by atoms with Gasteiger partial charge >= 0.3 is 0 Å². The van der Waals surface area contributed by atoms with Crippen LogP contribution in [0.3, 0.4) is 0 Å². The number of aryl methyl sites for hydroxylation is 1. The van der Waals surface area contributed by atoms with Crippen LogP contribution in [0.15, 0.2) is 47.4 Å². The van der Waals surface area contributed by atoms with Gasteiger partial charge in [0.05, 0.1) is 0 Å². The van der Waals surface area contributed by atoms with Crippen molar-refractivity contribution in [3.05, 3.63) is 53.6 Å². The molecule has 0 aliphatic rings. The van der Waals surface area contributed by atoms with Gasteiger partial charge in [-0.1, -0.05) is 37.3 Å². The molecule has 2 aromatic carbocycles. The van der Waals surface area contributed by atoms with Gasteiger partial charge in [0.15, 0.2) is 0 Å². The monoisotopic (exact) mass is 228 g/mol. The molecule has 0 fully saturated rings. The Morgan fingerprint density at radius 2 is 1.75 bits per heavy atom. The number of rotatable bonds is 2. The van der Waals surface area contributed by atoms with E-state index in [0.717, 1.165) is 11.3 Å². The lowest BCUT2D eigenvalue weighted by atomic mass is 9.95. The van der Waals surface area contributed by atoms with E-state index in [2.05, 4.69) is 62.9 Å². The van der Waals surface area contributed by atoms with Crippen molar-refractivity contribution < 1.29 is 0 Å². The number of hydrogen-bond acceptors (Lipinski definition) is 1. The molecule has 82 valence electrons. The van der Waals surface area contributed by atoms with Gasteiger partial charge in [0.25, 0.3) is 0 Å². The fraction of sp³-hybridized carbons (Fsp3) is 0.200. The fourth-order valence-corrected chi connectivity index (χ4v) is 2.33. The van der Waals surface area contributed by atoms with Crippen molar-refractivity contribution in [2.45, 2.75) is 25.2 Å². The summed E-state index contributed by atoms with van der Waals surface area (Å²) in [6.45, 7) is 4.37. The van der Waals surface area contributed by atoms with E-state index in [4.69, 9.17) is 0 Å². The van der Waals surface area contributed by atoms with Crippen molar-refractivity contribution in [3.8, 4) is 11.1 Å². The molecule has 0 N–H and O–H groups in total. The van der Waals surface area contributed by atoms with Crippen LogP contribution >= 0.6 is 12.6 Å². The standard InChI is InChI=1S/C15H16S/c1-3-12-9-14(16)10-15(11(12)2)13-7-5-4-6-8-13/h4-10,16H,3H2,1-2H3. The average molecular weight is 228 g/mol. The van der Waals surface area contributed by atoms with E-state index in [1.54, 1.807) is 0 Å². The highest BCUT2D eigenvalue weighted by Crippen LogP contribution is 2.28. The minimum absolute atomic E-state index is 1.04. The third-order valence-corrected chi connectivity index (χ3v) is 3.22. The highest BCUT2D eigenvalue weighted by molar-refractivity contribution is 7.80. The van der Waals surface area contributed by atoms with Crippen LogP contribution in [0, 0.1) is 6.92 Å². The quantitative estimate of drug-likeness (QED) is 0.718. The van der Waals surface area contributed by atoms with Crippen molar-refractivity contribution in [1.82, 2.24) is 0 Å². The Kier molecular flexibility index (Phi) is 3.35. The number of hydrogen-bond donors (Lipinski definition) is 1. The van der Waals surface area contributed by atoms with Gasteiger partial charge in [-0.3, -0.25) is 0 Å². The maximum Gasteiger partial charge on any atom is 0.00490 e. The lowest BCUT2D eigenvalue weighted by molar-refractivity contribution is 1.09. The fourth-order valence-electron chi connectivity index (χ4n) is 2.04. The molecule has 0 aromatic heterocycles. The van der Waals surface area contributed by atoms with E-state index in [-0.39, 0.29) is 0 Å². The molecular weight excluding hydrogens is 212 g/mol. The highest BCUT2D eigenvalue weighted by Gasteiger charge is 2.06. The number of thiol groups is 1. The molecular formula is C15H16S. The molecule has 0 saturated carbocycles. The van der Waals surface area contributed by atoms with Gasteiger partial charge in [0.1, 0.15) is 0 Å². The van der Waals surface area contributed by atoms with E-state index in [0.29, 0.717) is 0 Å². The van der Waals surface area contributed by atoms with Crippen LogP contribution in [-0.2, 0) is 6.42 Å². The SMILES string of the molecule is CCc1cc(S)cc(-c2ccccc2)c1C. The van der Waals surface area contributed by atoms with Crippen LogP contribution in [0.5, 0.6) is 0 Å². The average Bonchev–Trinajstić information content (AvgIpc) is 2.33. The zero-order valence-electron chi connectivity index (χ0n) is 9.70. The van der Waals surface area contributed by atoms with Crippen molar-refractivity contribution >= 4 is 12.6 Å². The molecule has 0 aliphatic heterocycles. The van der Waals surface area contributed by atoms with E-state index in [9.17, 15) is 0 Å². The predicted octanol–water partition coefficient (Wildman–Crippen LogP) is 4.51. The van der Waals surface area contributed by atoms with Crippen LogP contribution in [0.4, 0.5) is 0 Å². The molecule has 0 heterocycles. The molecule has 0 spiro atoms. The van der Waals surface area contributed by atoms with Gasteiger partial charge < -0.3 is 0 Å². The molecule has 0 atom stereocenters. The zero-order valence-corrected chi connectivity index (χ0v) is 10.6. The molecule has 0 amide bonds. The molecule has 2 rings (SSSR count). The van der Waals surface area contributed by atoms with Gasteiger partial charge in [-0.25, -0.2) is 0 Å². The second kappa shape index (κ2) is 4.75. The minimum Gasteiger partial charge on any atom is -0.143 e. The summed E-state index contributed by atoms with van der Waals surface area (Å²) in [6, 6.07) is 14.8. The van der Waals surface area contributed by atoms with Gasteiger partial charge in [0, 0.05) is 4.90 Å². The van der Waals surface area contributed by atoms with Crippen molar-refractivity contribution in [2.75, 3.05) is 0 Å². The molecule has 16 heavy (non-hydrogen) atoms. The maximum atomic E-state index is 4.48. The first kappa shape index (κ1) is 11.3. The van der Waals surface area contributed by atoms with E-state index >= 15 is 0 Å². The minimum atomic E-state index is 1.04. The molecule has 0 bridgehead atoms. The van der Waals surface area contributed by atoms with Gasteiger partial charge in [-0.2, -0.15) is 0 Å². The summed E-state index contributed by atoms with van der Waals surface area (Å²) in [5, 5.41) is 0. The van der Waals surface area contributed by atoms with E-state index in [1.807, 2.05) is 6.07 Å². The molecule has 0 nitrogen and oxygen atoms in total. The Balaban J connectivity index is 2.61. The van der Waals surface area contributed by atoms with E-state index in [1.165, 1.54) is 22.3 Å². The number of benzene rings is 2. The zero-order chi connectivity index (χ0) is 11.5. The van der Waals surface area contributed by atoms with Crippen LogP contribution in [0.1, 0.15) is 18.1 Å². The van der Waals surface area contributed by atoms with Crippen molar-refractivity contribution in [2.24, 2.45) is 0 Å². The Hall–Kier alpha value is -1.21. The summed E-state index contributed by atoms with van der Waals surface area (Å²) < 4.78 is 0. The first-order chi connectivity index (χ1) is 7.72. The molecule has 1 heteroatoms. The highest BCUT2D eigenvalue weighted by atomic mass is 32.1. The Morgan fingerprint density at radius 3 is 2.38 bits per heavy atom. The third-order valence-electron chi connectivity index (χ3n) is 2.97. The normalized spacial score (nSPS) is 10.4. The largest absolute Gasteiger partial charge is 0.143 e. The smallest absolute Gasteiger partial charge is 0.00490 e. The second-order valence-corrected chi connectivity index (χ2v) is 4.51. The first-order valence-corrected chi connectivity index (χ1v) is 6.05. The summed E-state index contributed by atoms with van der Waals surface area (Å²) >= 11 is 4.48. The van der Waals surface area contributed by atoms with Crippen molar-refractivity contribution in [3.63, 3.8) is 0 Å². The molecule has 2 aromatic rings. The van der Waals surface area contributed by atoms with Crippen LogP contribution in [0.2, 0.25) is 0 Å². The van der Waals surface area contributed by atoms with Crippen molar-refractivity contribution in [1.29, 1.82) is 0 Å². The summed E-state index contributed by atoms with van der Waals surface area (Å²) in [5.41, 5.74) is 5.31. The lowest BCUT2D eigenvalue weighted by Crippen LogP contribution is -1.91. The van der Waals surface area contributed by atoms with Crippen LogP contribution in [0.25, 0.3) is 11.1 Å². The topological polar surface area (TPSA) is 0 Å². The molecule has 0 saturated heterocycles. The molecule has 0 aliphatic carbocycles. The summed E-state index contributed by atoms with van der Waals surface area (Å²) in [5.74, 6) is 0. The van der Waals surface area contributed by atoms with Crippen LogP contribution in [-0.4, -0.2) is 0 Å². The Morgan fingerprint density at radius 1 is 1.06 bits per heavy atom. The third kappa shape index (κ3) is 2.14. The summed E-state index contributed by atoms with van der Waals surface area (Å²) in [4.78, 5) is 1.04. The summed E-state index contributed by atoms with van der Waals surface area (Å²) in [7, 11) is 0. The first-order valence-electron chi connectivity index (χ1n) is 5.60. The predicted molar refractivity (Wildman–Crippen MR) is 73.2 cm³/mol. The lowest BCUT2D eigenvalue weighted by Gasteiger charge is -2.11. The van der Waals surface area contributed by atoms with Crippen LogP contribution < -0.4 is 0 Å². The second-order valence-electron chi connectivity index (χ2n) is 4.00. The maximum absolute atomic E-state index is 4.48. The summed E-state index contributed by atoms with van der Waals surface area (Å²) in [6.07, 6.45) is 1.06.